The SMILES string of the molecule is COCCOCC1CCN(C(=O)[C@@H](N)CC(C)C)C1.Cl. The van der Waals surface area contributed by atoms with E-state index in [1.807, 2.05) is 4.90 Å². The third-order valence-corrected chi connectivity index (χ3v) is 3.43. The summed E-state index contributed by atoms with van der Waals surface area (Å²) < 4.78 is 10.4. The third kappa shape index (κ3) is 6.88. The van der Waals surface area contributed by atoms with Crippen LogP contribution in [0.1, 0.15) is 26.7 Å². The van der Waals surface area contributed by atoms with Crippen LogP contribution < -0.4 is 5.73 Å². The minimum atomic E-state index is -0.354. The Morgan fingerprint density at radius 2 is 2.10 bits per heavy atom. The van der Waals surface area contributed by atoms with E-state index in [1.54, 1.807) is 7.11 Å². The fourth-order valence-electron chi connectivity index (χ4n) is 2.40. The van der Waals surface area contributed by atoms with Gasteiger partial charge in [0.1, 0.15) is 0 Å². The number of rotatable bonds is 8. The Morgan fingerprint density at radius 3 is 2.70 bits per heavy atom. The molecule has 0 spiro atoms. The number of nitrogens with two attached hydrogens (primary N) is 1. The lowest BCUT2D eigenvalue weighted by atomic mass is 10.0. The fourth-order valence-corrected chi connectivity index (χ4v) is 2.40. The van der Waals surface area contributed by atoms with Crippen LogP contribution in [0.25, 0.3) is 0 Å². The second kappa shape index (κ2) is 10.4. The highest BCUT2D eigenvalue weighted by molar-refractivity contribution is 5.85. The molecule has 1 aliphatic rings. The fraction of sp³-hybridized carbons (Fsp3) is 0.929. The number of amides is 1. The highest BCUT2D eigenvalue weighted by Crippen LogP contribution is 2.18. The topological polar surface area (TPSA) is 64.8 Å². The largest absolute Gasteiger partial charge is 0.382 e. The molecular weight excluding hydrogens is 280 g/mol. The highest BCUT2D eigenvalue weighted by Gasteiger charge is 2.29. The Hall–Kier alpha value is -0.360. The summed E-state index contributed by atoms with van der Waals surface area (Å²) in [7, 11) is 1.66. The summed E-state index contributed by atoms with van der Waals surface area (Å²) >= 11 is 0. The summed E-state index contributed by atoms with van der Waals surface area (Å²) in [5.41, 5.74) is 5.94. The predicted molar refractivity (Wildman–Crippen MR) is 82.1 cm³/mol. The molecule has 0 aromatic carbocycles. The third-order valence-electron chi connectivity index (χ3n) is 3.43. The lowest BCUT2D eigenvalue weighted by Crippen LogP contribution is -2.43. The molecule has 0 radical (unpaired) electrons. The van der Waals surface area contributed by atoms with Crippen molar-refractivity contribution in [3.63, 3.8) is 0 Å². The Labute approximate surface area is 128 Å². The van der Waals surface area contributed by atoms with Crippen molar-refractivity contribution in [3.05, 3.63) is 0 Å². The van der Waals surface area contributed by atoms with Crippen LogP contribution in [-0.2, 0) is 14.3 Å². The number of methoxy groups -OCH3 is 1. The smallest absolute Gasteiger partial charge is 0.239 e. The normalized spacial score (nSPS) is 20.1. The van der Waals surface area contributed by atoms with E-state index in [4.69, 9.17) is 15.2 Å². The summed E-state index contributed by atoms with van der Waals surface area (Å²) in [6.07, 6.45) is 1.76. The molecule has 0 aromatic heterocycles. The second-order valence-electron chi connectivity index (χ2n) is 5.74. The van der Waals surface area contributed by atoms with Gasteiger partial charge in [0, 0.05) is 26.1 Å². The van der Waals surface area contributed by atoms with E-state index in [0.29, 0.717) is 31.7 Å². The Kier molecular flexibility index (Phi) is 10.2. The van der Waals surface area contributed by atoms with Gasteiger partial charge in [0.15, 0.2) is 0 Å². The van der Waals surface area contributed by atoms with Crippen molar-refractivity contribution >= 4 is 18.3 Å². The maximum atomic E-state index is 12.1. The molecule has 5 nitrogen and oxygen atoms in total. The molecule has 1 rings (SSSR count). The van der Waals surface area contributed by atoms with E-state index >= 15 is 0 Å². The molecule has 1 saturated heterocycles. The first-order valence-electron chi connectivity index (χ1n) is 7.15. The molecule has 0 aliphatic carbocycles. The van der Waals surface area contributed by atoms with Crippen molar-refractivity contribution in [2.24, 2.45) is 17.6 Å². The summed E-state index contributed by atoms with van der Waals surface area (Å²) in [5.74, 6) is 0.981. The molecule has 20 heavy (non-hydrogen) atoms. The summed E-state index contributed by atoms with van der Waals surface area (Å²) in [4.78, 5) is 14.0. The zero-order valence-corrected chi connectivity index (χ0v) is 13.7. The van der Waals surface area contributed by atoms with Gasteiger partial charge < -0.3 is 20.1 Å². The number of hydrogen-bond acceptors (Lipinski definition) is 4. The van der Waals surface area contributed by atoms with E-state index in [1.165, 1.54) is 0 Å². The molecule has 2 N–H and O–H groups in total. The predicted octanol–water partition coefficient (Wildman–Crippen LogP) is 1.29. The molecule has 120 valence electrons. The molecule has 6 heteroatoms. The molecule has 1 unspecified atom stereocenters. The minimum absolute atomic E-state index is 0. The van der Waals surface area contributed by atoms with Crippen molar-refractivity contribution in [3.8, 4) is 0 Å². The Bertz CT molecular complexity index is 277. The number of likely N-dealkylation sites (tertiary alicyclic amines) is 1. The van der Waals surface area contributed by atoms with E-state index in [2.05, 4.69) is 13.8 Å². The lowest BCUT2D eigenvalue weighted by Gasteiger charge is -2.22. The molecule has 0 bridgehead atoms. The van der Waals surface area contributed by atoms with Crippen molar-refractivity contribution in [2.75, 3.05) is 40.0 Å². The van der Waals surface area contributed by atoms with Crippen LogP contribution in [0.3, 0.4) is 0 Å². The number of carbonyl (C=O) groups excluding carboxylic acids is 1. The van der Waals surface area contributed by atoms with Crippen LogP contribution in [0.2, 0.25) is 0 Å². The number of halogens is 1. The molecule has 2 atom stereocenters. The van der Waals surface area contributed by atoms with Gasteiger partial charge in [0.05, 0.1) is 25.9 Å². The average molecular weight is 309 g/mol. The van der Waals surface area contributed by atoms with Crippen LogP contribution in [0.5, 0.6) is 0 Å². The Balaban J connectivity index is 0.00000361. The van der Waals surface area contributed by atoms with E-state index in [-0.39, 0.29) is 24.4 Å². The van der Waals surface area contributed by atoms with E-state index in [9.17, 15) is 4.79 Å². The maximum absolute atomic E-state index is 12.1. The molecule has 1 fully saturated rings. The van der Waals surface area contributed by atoms with Gasteiger partial charge in [-0.3, -0.25) is 4.79 Å². The highest BCUT2D eigenvalue weighted by atomic mass is 35.5. The van der Waals surface area contributed by atoms with Crippen LogP contribution in [0.15, 0.2) is 0 Å². The van der Waals surface area contributed by atoms with Crippen molar-refractivity contribution in [2.45, 2.75) is 32.7 Å². The van der Waals surface area contributed by atoms with Gasteiger partial charge in [-0.25, -0.2) is 0 Å². The average Bonchev–Trinajstić information content (AvgIpc) is 2.81. The second-order valence-corrected chi connectivity index (χ2v) is 5.74. The first-order valence-corrected chi connectivity index (χ1v) is 7.15. The monoisotopic (exact) mass is 308 g/mol. The van der Waals surface area contributed by atoms with Crippen molar-refractivity contribution < 1.29 is 14.3 Å². The number of hydrogen-bond donors (Lipinski definition) is 1. The summed E-state index contributed by atoms with van der Waals surface area (Å²) in [6, 6.07) is -0.354. The van der Waals surface area contributed by atoms with Gasteiger partial charge in [0.25, 0.3) is 0 Å². The molecule has 1 heterocycles. The minimum Gasteiger partial charge on any atom is -0.382 e. The first-order chi connectivity index (χ1) is 9.04. The van der Waals surface area contributed by atoms with Crippen LogP contribution >= 0.6 is 12.4 Å². The number of ether oxygens (including phenoxy) is 2. The summed E-state index contributed by atoms with van der Waals surface area (Å²) in [6.45, 7) is 7.70. The zero-order valence-electron chi connectivity index (χ0n) is 12.8. The van der Waals surface area contributed by atoms with Crippen LogP contribution in [0, 0.1) is 11.8 Å². The van der Waals surface area contributed by atoms with Gasteiger partial charge in [-0.1, -0.05) is 13.8 Å². The van der Waals surface area contributed by atoms with Gasteiger partial charge in [-0.2, -0.15) is 0 Å². The van der Waals surface area contributed by atoms with E-state index < -0.39 is 0 Å². The van der Waals surface area contributed by atoms with Gasteiger partial charge in [0.2, 0.25) is 5.91 Å². The van der Waals surface area contributed by atoms with Gasteiger partial charge in [-0.05, 0) is 18.8 Å². The van der Waals surface area contributed by atoms with Crippen LogP contribution in [-0.4, -0.2) is 56.9 Å². The molecule has 0 saturated carbocycles. The van der Waals surface area contributed by atoms with Crippen molar-refractivity contribution in [1.29, 1.82) is 0 Å². The maximum Gasteiger partial charge on any atom is 0.239 e. The van der Waals surface area contributed by atoms with Gasteiger partial charge >= 0.3 is 0 Å². The van der Waals surface area contributed by atoms with E-state index in [0.717, 1.165) is 25.9 Å². The molecule has 1 aliphatic heterocycles. The zero-order chi connectivity index (χ0) is 14.3. The summed E-state index contributed by atoms with van der Waals surface area (Å²) in [5, 5.41) is 0. The van der Waals surface area contributed by atoms with Crippen LogP contribution in [0.4, 0.5) is 0 Å². The molecular formula is C14H29ClN2O3. The molecule has 0 aromatic rings. The first kappa shape index (κ1) is 19.6. The Morgan fingerprint density at radius 1 is 1.40 bits per heavy atom. The number of nitrogens with zero attached hydrogens (tertiary/aromatic N) is 1. The number of carbonyl (C=O) groups is 1. The van der Waals surface area contributed by atoms with Crippen molar-refractivity contribution in [1.82, 2.24) is 4.90 Å². The molecule has 1 amide bonds. The quantitative estimate of drug-likeness (QED) is 0.686. The van der Waals surface area contributed by atoms with Gasteiger partial charge in [-0.15, -0.1) is 12.4 Å². The lowest BCUT2D eigenvalue weighted by molar-refractivity contribution is -0.132. The standard InChI is InChI=1S/C14H28N2O3.ClH/c1-11(2)8-13(15)14(17)16-5-4-12(9-16)10-19-7-6-18-3;/h11-13H,4-10,15H2,1-3H3;1H/t12?,13-;/m0./s1.